The van der Waals surface area contributed by atoms with Crippen LogP contribution in [0, 0.1) is 0 Å². The van der Waals surface area contributed by atoms with Crippen molar-refractivity contribution in [3.8, 4) is 0 Å². The number of hydrogen-bond donors (Lipinski definition) is 1. The Kier molecular flexibility index (Phi) is 1.12. The summed E-state index contributed by atoms with van der Waals surface area (Å²) in [5, 5.41) is 3.99. The van der Waals surface area contributed by atoms with Crippen LogP contribution in [-0.4, -0.2) is 19.0 Å². The van der Waals surface area contributed by atoms with E-state index in [1.807, 2.05) is 13.3 Å². The summed E-state index contributed by atoms with van der Waals surface area (Å²) >= 11 is 1.79. The summed E-state index contributed by atoms with van der Waals surface area (Å²) in [6.07, 6.45) is 1.93. The predicted molar refractivity (Wildman–Crippen MR) is 27.8 cm³/mol. The van der Waals surface area contributed by atoms with Crippen LogP contribution < -0.4 is 4.41 Å². The Morgan fingerprint density at radius 2 is 2.83 bits per heavy atom. The van der Waals surface area contributed by atoms with Gasteiger partial charge in [-0.1, -0.05) is 5.10 Å². The van der Waals surface area contributed by atoms with Gasteiger partial charge in [-0.05, 0) is 0 Å². The zero-order valence-corrected chi connectivity index (χ0v) is 4.46. The minimum Gasteiger partial charge on any atom is -0.152 e. The highest BCUT2D eigenvalue weighted by Gasteiger charge is 2.03. The van der Waals surface area contributed by atoms with Crippen molar-refractivity contribution in [2.75, 3.05) is 12.8 Å². The second-order valence-corrected chi connectivity index (χ2v) is 2.35. The minimum atomic E-state index is 1.08. The standard InChI is InChI=1S/C3H6N2S/c1-5-4-2-3-6-5/h2H,3H2,1H3/p+1. The molecule has 1 aliphatic heterocycles. The summed E-state index contributed by atoms with van der Waals surface area (Å²) in [5.74, 6) is 1.08. The van der Waals surface area contributed by atoms with Gasteiger partial charge < -0.3 is 0 Å². The van der Waals surface area contributed by atoms with Gasteiger partial charge in [0, 0.05) is 0 Å². The molecule has 34 valence electrons. The highest BCUT2D eigenvalue weighted by Crippen LogP contribution is 1.84. The molecular formula is C3H7N2S+. The van der Waals surface area contributed by atoms with E-state index in [9.17, 15) is 0 Å². The van der Waals surface area contributed by atoms with Gasteiger partial charge in [0.15, 0.2) is 0 Å². The first kappa shape index (κ1) is 4.15. The number of nitrogens with zero attached hydrogens (tertiary/aromatic N) is 1. The second kappa shape index (κ2) is 1.62. The molecule has 0 aromatic rings. The molecule has 1 rings (SSSR count). The van der Waals surface area contributed by atoms with Crippen LogP contribution in [-0.2, 0) is 0 Å². The molecule has 0 amide bonds. The Labute approximate surface area is 41.3 Å². The first-order valence-electron chi connectivity index (χ1n) is 1.88. The lowest BCUT2D eigenvalue weighted by Gasteiger charge is -1.88. The molecule has 1 aliphatic rings. The van der Waals surface area contributed by atoms with E-state index in [2.05, 4.69) is 5.10 Å². The van der Waals surface area contributed by atoms with E-state index in [0.29, 0.717) is 0 Å². The van der Waals surface area contributed by atoms with Gasteiger partial charge in [-0.25, -0.2) is 0 Å². The monoisotopic (exact) mass is 103 g/mol. The Morgan fingerprint density at radius 1 is 2.00 bits per heavy atom. The van der Waals surface area contributed by atoms with Gasteiger partial charge >= 0.3 is 0 Å². The lowest BCUT2D eigenvalue weighted by molar-refractivity contribution is -0.734. The Morgan fingerprint density at radius 3 is 3.00 bits per heavy atom. The average molecular weight is 103 g/mol. The van der Waals surface area contributed by atoms with Crippen molar-refractivity contribution in [2.24, 2.45) is 5.10 Å². The van der Waals surface area contributed by atoms with E-state index in [1.165, 1.54) is 4.41 Å². The molecular weight excluding hydrogens is 96.1 g/mol. The lowest BCUT2D eigenvalue weighted by atomic mass is 10.9. The van der Waals surface area contributed by atoms with E-state index in [1.54, 1.807) is 11.9 Å². The van der Waals surface area contributed by atoms with Crippen molar-refractivity contribution in [1.82, 2.24) is 0 Å². The fourth-order valence-corrected chi connectivity index (χ4v) is 0.900. The normalized spacial score (nSPS) is 31.8. The van der Waals surface area contributed by atoms with Crippen molar-refractivity contribution in [3.63, 3.8) is 0 Å². The zero-order valence-electron chi connectivity index (χ0n) is 3.64. The molecule has 1 heterocycles. The Hall–Kier alpha value is -0.0200. The van der Waals surface area contributed by atoms with Crippen molar-refractivity contribution in [2.45, 2.75) is 0 Å². The van der Waals surface area contributed by atoms with Crippen LogP contribution in [0.3, 0.4) is 0 Å². The summed E-state index contributed by atoms with van der Waals surface area (Å²) < 4.78 is 1.19. The highest BCUT2D eigenvalue weighted by molar-refractivity contribution is 7.93. The van der Waals surface area contributed by atoms with Crippen LogP contribution in [0.4, 0.5) is 0 Å². The highest BCUT2D eigenvalue weighted by atomic mass is 32.2. The fourth-order valence-electron chi connectivity index (χ4n) is 0.361. The molecule has 0 spiro atoms. The third-order valence-electron chi connectivity index (χ3n) is 0.640. The minimum absolute atomic E-state index is 1.08. The van der Waals surface area contributed by atoms with E-state index in [0.717, 1.165) is 5.75 Å². The number of rotatable bonds is 0. The smallest absolute Gasteiger partial charge is 0.107 e. The lowest BCUT2D eigenvalue weighted by Crippen LogP contribution is -2.95. The van der Waals surface area contributed by atoms with Gasteiger partial charge in [-0.15, -0.1) is 0 Å². The molecule has 0 saturated heterocycles. The predicted octanol–water partition coefficient (Wildman–Crippen LogP) is -0.851. The molecule has 0 bridgehead atoms. The van der Waals surface area contributed by atoms with Gasteiger partial charge in [-0.3, -0.25) is 0 Å². The van der Waals surface area contributed by atoms with Gasteiger partial charge in [0.2, 0.25) is 0 Å². The SMILES string of the molecule is C[NH+]1N=CCS1. The summed E-state index contributed by atoms with van der Waals surface area (Å²) in [6, 6.07) is 0. The molecule has 1 atom stereocenters. The van der Waals surface area contributed by atoms with Crippen molar-refractivity contribution < 1.29 is 4.41 Å². The average Bonchev–Trinajstić information content (AvgIpc) is 1.86. The molecule has 1 unspecified atom stereocenters. The first-order chi connectivity index (χ1) is 2.89. The van der Waals surface area contributed by atoms with Gasteiger partial charge in [-0.2, -0.15) is 4.41 Å². The van der Waals surface area contributed by atoms with E-state index in [4.69, 9.17) is 0 Å². The fraction of sp³-hybridized carbons (Fsp3) is 0.667. The number of hydrogen-bond acceptors (Lipinski definition) is 2. The molecule has 0 radical (unpaired) electrons. The molecule has 0 fully saturated rings. The third kappa shape index (κ3) is 0.725. The van der Waals surface area contributed by atoms with Crippen molar-refractivity contribution in [3.05, 3.63) is 0 Å². The third-order valence-corrected chi connectivity index (χ3v) is 1.48. The van der Waals surface area contributed by atoms with Crippen LogP contribution in [0.1, 0.15) is 0 Å². The summed E-state index contributed by atoms with van der Waals surface area (Å²) in [7, 11) is 2.02. The molecule has 0 aliphatic carbocycles. The van der Waals surface area contributed by atoms with Gasteiger partial charge in [0.25, 0.3) is 0 Å². The van der Waals surface area contributed by atoms with Crippen LogP contribution in [0.2, 0.25) is 0 Å². The van der Waals surface area contributed by atoms with Crippen molar-refractivity contribution >= 4 is 18.2 Å². The molecule has 1 N–H and O–H groups in total. The van der Waals surface area contributed by atoms with Gasteiger partial charge in [0.1, 0.15) is 19.0 Å². The Balaban J connectivity index is 2.38. The topological polar surface area (TPSA) is 16.8 Å². The van der Waals surface area contributed by atoms with Crippen LogP contribution >= 0.6 is 11.9 Å². The molecule has 0 saturated carbocycles. The maximum atomic E-state index is 3.99. The molecule has 2 nitrogen and oxygen atoms in total. The Bertz CT molecular complexity index is 71.2. The van der Waals surface area contributed by atoms with Gasteiger partial charge in [0.05, 0.1) is 12.0 Å². The van der Waals surface area contributed by atoms with Crippen LogP contribution in [0.15, 0.2) is 5.10 Å². The molecule has 0 aromatic heterocycles. The van der Waals surface area contributed by atoms with E-state index in [-0.39, 0.29) is 0 Å². The molecule has 0 aromatic carbocycles. The number of quaternary nitrogens is 1. The quantitative estimate of drug-likeness (QED) is 0.395. The molecule has 6 heavy (non-hydrogen) atoms. The maximum absolute atomic E-state index is 3.99. The largest absolute Gasteiger partial charge is 0.152 e. The van der Waals surface area contributed by atoms with E-state index >= 15 is 0 Å². The van der Waals surface area contributed by atoms with Crippen LogP contribution in [0.25, 0.3) is 0 Å². The number of nitrogens with one attached hydrogen (secondary N) is 1. The van der Waals surface area contributed by atoms with Crippen molar-refractivity contribution in [1.29, 1.82) is 0 Å². The molecule has 3 heteroatoms. The second-order valence-electron chi connectivity index (χ2n) is 1.14. The summed E-state index contributed by atoms with van der Waals surface area (Å²) in [4.78, 5) is 0. The summed E-state index contributed by atoms with van der Waals surface area (Å²) in [5.41, 5.74) is 0. The summed E-state index contributed by atoms with van der Waals surface area (Å²) in [6.45, 7) is 0. The maximum Gasteiger partial charge on any atom is 0.107 e. The zero-order chi connectivity index (χ0) is 4.41. The van der Waals surface area contributed by atoms with Crippen LogP contribution in [0.5, 0.6) is 0 Å². The first-order valence-corrected chi connectivity index (χ1v) is 2.87. The van der Waals surface area contributed by atoms with E-state index < -0.39 is 0 Å².